The number of nitro groups is 1. The summed E-state index contributed by atoms with van der Waals surface area (Å²) in [6, 6.07) is 2.28. The number of carbonyl (C=O) groups excluding carboxylic acids is 2. The van der Waals surface area contributed by atoms with Gasteiger partial charge in [-0.2, -0.15) is 0 Å². The Bertz CT molecular complexity index is 925. The van der Waals surface area contributed by atoms with E-state index in [0.29, 0.717) is 0 Å². The molecule has 0 radical (unpaired) electrons. The van der Waals surface area contributed by atoms with Gasteiger partial charge in [-0.1, -0.05) is 0 Å². The second-order valence-electron chi connectivity index (χ2n) is 5.21. The molecule has 0 atom stereocenters. The SMILES string of the molecule is CCOC(=O)C1=C(COc2ccc(S(N)(=O)=O)cc2[N+](=O)[O-])NC(=O)NC1. The van der Waals surface area contributed by atoms with E-state index in [1.165, 1.54) is 0 Å². The van der Waals surface area contributed by atoms with Gasteiger partial charge in [-0.15, -0.1) is 0 Å². The molecule has 0 fully saturated rings. The van der Waals surface area contributed by atoms with Gasteiger partial charge in [-0.05, 0) is 19.1 Å². The molecule has 0 spiro atoms. The number of hydrogen-bond acceptors (Lipinski definition) is 8. The van der Waals surface area contributed by atoms with E-state index in [0.717, 1.165) is 18.2 Å². The van der Waals surface area contributed by atoms with Crippen molar-refractivity contribution in [2.24, 2.45) is 5.14 Å². The van der Waals surface area contributed by atoms with E-state index in [4.69, 9.17) is 14.6 Å². The molecule has 0 saturated heterocycles. The van der Waals surface area contributed by atoms with E-state index < -0.39 is 44.1 Å². The number of benzene rings is 1. The molecule has 0 bridgehead atoms. The highest BCUT2D eigenvalue weighted by Gasteiger charge is 2.25. The zero-order valence-electron chi connectivity index (χ0n) is 14.1. The van der Waals surface area contributed by atoms with Gasteiger partial charge in [-0.25, -0.2) is 23.1 Å². The Balaban J connectivity index is 2.31. The molecule has 1 heterocycles. The quantitative estimate of drug-likeness (QED) is 0.318. The normalized spacial score (nSPS) is 14.2. The number of nitrogens with one attached hydrogen (secondary N) is 2. The van der Waals surface area contributed by atoms with Crippen molar-refractivity contribution in [2.45, 2.75) is 11.8 Å². The van der Waals surface area contributed by atoms with E-state index in [2.05, 4.69) is 10.6 Å². The Morgan fingerprint density at radius 1 is 1.41 bits per heavy atom. The monoisotopic (exact) mass is 400 g/mol. The molecule has 146 valence electrons. The highest BCUT2D eigenvalue weighted by atomic mass is 32.2. The minimum absolute atomic E-state index is 0.0713. The van der Waals surface area contributed by atoms with Crippen LogP contribution in [0.1, 0.15) is 6.92 Å². The van der Waals surface area contributed by atoms with Crippen LogP contribution in [-0.4, -0.2) is 45.1 Å². The summed E-state index contributed by atoms with van der Waals surface area (Å²) in [7, 11) is -4.14. The Labute approximate surface area is 153 Å². The molecule has 4 N–H and O–H groups in total. The van der Waals surface area contributed by atoms with Crippen molar-refractivity contribution >= 4 is 27.7 Å². The lowest BCUT2D eigenvalue weighted by Crippen LogP contribution is -2.45. The summed E-state index contributed by atoms with van der Waals surface area (Å²) in [6.45, 7) is 1.23. The van der Waals surface area contributed by atoms with Crippen molar-refractivity contribution in [2.75, 3.05) is 19.8 Å². The Morgan fingerprint density at radius 3 is 2.70 bits per heavy atom. The third-order valence-corrected chi connectivity index (χ3v) is 4.31. The Morgan fingerprint density at radius 2 is 2.11 bits per heavy atom. The number of nitrogens with two attached hydrogens (primary N) is 1. The number of ether oxygens (including phenoxy) is 2. The molecule has 13 heteroatoms. The summed E-state index contributed by atoms with van der Waals surface area (Å²) < 4.78 is 32.9. The highest BCUT2D eigenvalue weighted by Crippen LogP contribution is 2.29. The number of carbonyl (C=O) groups is 2. The fourth-order valence-corrected chi connectivity index (χ4v) is 2.69. The van der Waals surface area contributed by atoms with Gasteiger partial charge in [-0.3, -0.25) is 10.1 Å². The van der Waals surface area contributed by atoms with Crippen LogP contribution in [0.3, 0.4) is 0 Å². The number of nitrogens with zero attached hydrogens (tertiary/aromatic N) is 1. The minimum atomic E-state index is -4.14. The summed E-state index contributed by atoms with van der Waals surface area (Å²) in [6.07, 6.45) is 0. The second kappa shape index (κ2) is 8.01. The smallest absolute Gasteiger partial charge is 0.337 e. The largest absolute Gasteiger partial charge is 0.480 e. The third kappa shape index (κ3) is 4.92. The maximum absolute atomic E-state index is 11.9. The predicted octanol–water partition coefficient (Wildman–Crippen LogP) is -0.249. The molecule has 0 unspecified atom stereocenters. The molecule has 12 nitrogen and oxygen atoms in total. The summed E-state index contributed by atoms with van der Waals surface area (Å²) in [5.41, 5.74) is -0.470. The summed E-state index contributed by atoms with van der Waals surface area (Å²) in [5, 5.41) is 20.9. The molecule has 1 aliphatic rings. The van der Waals surface area contributed by atoms with E-state index >= 15 is 0 Å². The summed E-state index contributed by atoms with van der Waals surface area (Å²) >= 11 is 0. The molecule has 1 aromatic carbocycles. The molecule has 1 aromatic rings. The van der Waals surface area contributed by atoms with Crippen molar-refractivity contribution < 1.29 is 32.4 Å². The summed E-state index contributed by atoms with van der Waals surface area (Å²) in [4.78, 5) is 33.3. The van der Waals surface area contributed by atoms with Crippen LogP contribution >= 0.6 is 0 Å². The van der Waals surface area contributed by atoms with Crippen LogP contribution in [0.2, 0.25) is 0 Å². The standard InChI is InChI=1S/C14H16N4O8S/c1-2-25-13(19)9-6-16-14(20)17-10(9)7-26-12-4-3-8(27(15,23)24)5-11(12)18(21)22/h3-5H,2,6-7H2,1H3,(H2,15,23,24)(H2,16,17,20). The summed E-state index contributed by atoms with van der Waals surface area (Å²) in [5.74, 6) is -0.946. The average molecular weight is 400 g/mol. The molecule has 0 saturated carbocycles. The first-order chi connectivity index (χ1) is 12.6. The number of urea groups is 1. The fraction of sp³-hybridized carbons (Fsp3) is 0.286. The molecule has 2 rings (SSSR count). The van der Waals surface area contributed by atoms with Crippen molar-refractivity contribution in [1.29, 1.82) is 0 Å². The van der Waals surface area contributed by atoms with Gasteiger partial charge < -0.3 is 20.1 Å². The lowest BCUT2D eigenvalue weighted by Gasteiger charge is -2.21. The third-order valence-electron chi connectivity index (χ3n) is 3.40. The van der Waals surface area contributed by atoms with E-state index in [9.17, 15) is 28.1 Å². The maximum Gasteiger partial charge on any atom is 0.337 e. The van der Waals surface area contributed by atoms with Crippen LogP contribution in [0.5, 0.6) is 5.75 Å². The molecule has 27 heavy (non-hydrogen) atoms. The molecular formula is C14H16N4O8S. The Hall–Kier alpha value is -3.19. The zero-order chi connectivity index (χ0) is 20.2. The average Bonchev–Trinajstić information content (AvgIpc) is 2.59. The number of hydrogen-bond donors (Lipinski definition) is 3. The number of rotatable bonds is 7. The lowest BCUT2D eigenvalue weighted by molar-refractivity contribution is -0.386. The number of amides is 2. The van der Waals surface area contributed by atoms with Crippen molar-refractivity contribution in [3.8, 4) is 5.75 Å². The van der Waals surface area contributed by atoms with Crippen LogP contribution in [0.15, 0.2) is 34.4 Å². The van der Waals surface area contributed by atoms with E-state index in [1.807, 2.05) is 0 Å². The van der Waals surface area contributed by atoms with Gasteiger partial charge in [0.2, 0.25) is 10.0 Å². The van der Waals surface area contributed by atoms with Gasteiger partial charge in [0.1, 0.15) is 6.61 Å². The van der Waals surface area contributed by atoms with Crippen LogP contribution in [0.25, 0.3) is 0 Å². The van der Waals surface area contributed by atoms with E-state index in [1.54, 1.807) is 6.92 Å². The number of sulfonamides is 1. The van der Waals surface area contributed by atoms with Gasteiger partial charge in [0.05, 0.1) is 34.2 Å². The van der Waals surface area contributed by atoms with E-state index in [-0.39, 0.29) is 30.2 Å². The first kappa shape index (κ1) is 20.1. The first-order valence-electron chi connectivity index (χ1n) is 7.51. The molecular weight excluding hydrogens is 384 g/mol. The van der Waals surface area contributed by atoms with Crippen LogP contribution in [0, 0.1) is 10.1 Å². The first-order valence-corrected chi connectivity index (χ1v) is 9.06. The van der Waals surface area contributed by atoms with Crippen LogP contribution in [-0.2, 0) is 19.6 Å². The van der Waals surface area contributed by atoms with Gasteiger partial charge in [0.25, 0.3) is 0 Å². The van der Waals surface area contributed by atoms with Crippen molar-refractivity contribution in [3.63, 3.8) is 0 Å². The van der Waals surface area contributed by atoms with Gasteiger partial charge >= 0.3 is 17.7 Å². The minimum Gasteiger partial charge on any atom is -0.480 e. The maximum atomic E-state index is 11.9. The van der Waals surface area contributed by atoms with Crippen molar-refractivity contribution in [1.82, 2.24) is 10.6 Å². The molecule has 2 amide bonds. The Kier molecular flexibility index (Phi) is 5.97. The molecule has 0 aromatic heterocycles. The lowest BCUT2D eigenvalue weighted by atomic mass is 10.1. The zero-order valence-corrected chi connectivity index (χ0v) is 14.9. The highest BCUT2D eigenvalue weighted by molar-refractivity contribution is 7.89. The van der Waals surface area contributed by atoms with Crippen LogP contribution in [0.4, 0.5) is 10.5 Å². The topological polar surface area (TPSA) is 180 Å². The predicted molar refractivity (Wildman–Crippen MR) is 90.2 cm³/mol. The second-order valence-corrected chi connectivity index (χ2v) is 6.77. The molecule has 0 aliphatic carbocycles. The fourth-order valence-electron chi connectivity index (χ4n) is 2.16. The van der Waals surface area contributed by atoms with Crippen molar-refractivity contribution in [3.05, 3.63) is 39.6 Å². The van der Waals surface area contributed by atoms with Gasteiger partial charge in [0, 0.05) is 6.07 Å². The van der Waals surface area contributed by atoms with Gasteiger partial charge in [0.15, 0.2) is 5.75 Å². The van der Waals surface area contributed by atoms with Crippen LogP contribution < -0.4 is 20.5 Å². The number of esters is 1. The number of primary sulfonamides is 1. The molecule has 1 aliphatic heterocycles. The number of nitro benzene ring substituents is 1.